The Kier molecular flexibility index (Phi) is 11.2. The average Bonchev–Trinajstić information content (AvgIpc) is 3.00. The van der Waals surface area contributed by atoms with E-state index < -0.39 is 26.3 Å². The van der Waals surface area contributed by atoms with Crippen molar-refractivity contribution in [3.63, 3.8) is 0 Å². The van der Waals surface area contributed by atoms with E-state index in [0.29, 0.717) is 33.4 Å². The smallest absolute Gasteiger partial charge is 0.305 e. The van der Waals surface area contributed by atoms with Crippen molar-refractivity contribution in [1.29, 1.82) is 0 Å². The molecule has 4 heterocycles. The molecule has 47 heavy (non-hydrogen) atoms. The van der Waals surface area contributed by atoms with Crippen molar-refractivity contribution in [2.45, 2.75) is 0 Å². The van der Waals surface area contributed by atoms with E-state index in [1.165, 1.54) is 42.6 Å². The Morgan fingerprint density at radius 1 is 0.723 bits per heavy atom. The van der Waals surface area contributed by atoms with Crippen molar-refractivity contribution < 1.29 is 14.4 Å². The van der Waals surface area contributed by atoms with Gasteiger partial charge in [-0.3, -0.25) is 44.5 Å². The van der Waals surface area contributed by atoms with Gasteiger partial charge in [-0.05, 0) is 57.5 Å². The van der Waals surface area contributed by atoms with Crippen LogP contribution >= 0.6 is 62.1 Å². The Labute approximate surface area is 285 Å². The van der Waals surface area contributed by atoms with Crippen molar-refractivity contribution >= 4 is 95.3 Å². The van der Waals surface area contributed by atoms with Crippen molar-refractivity contribution in [2.75, 3.05) is 0 Å². The van der Waals surface area contributed by atoms with Gasteiger partial charge in [-0.15, -0.1) is 0 Å². The highest BCUT2D eigenvalue weighted by molar-refractivity contribution is 8.24. The Bertz CT molecular complexity index is 2330. The highest BCUT2D eigenvalue weighted by Gasteiger charge is 2.15. The number of halogens is 5. The minimum Gasteiger partial charge on any atom is -0.305 e. The van der Waals surface area contributed by atoms with Gasteiger partial charge in [-0.2, -0.15) is 0 Å². The number of fused-ring (bicyclic) bond motifs is 2. The van der Waals surface area contributed by atoms with E-state index >= 15 is 0 Å². The van der Waals surface area contributed by atoms with Crippen LogP contribution < -0.4 is 11.2 Å². The van der Waals surface area contributed by atoms with E-state index in [1.807, 2.05) is 0 Å². The molecule has 0 aliphatic heterocycles. The molecule has 4 aromatic heterocycles. The van der Waals surface area contributed by atoms with Gasteiger partial charge in [0.2, 0.25) is 5.28 Å². The second-order valence-corrected chi connectivity index (χ2v) is 16.2. The largest absolute Gasteiger partial charge is 0.339 e. The summed E-state index contributed by atoms with van der Waals surface area (Å²) in [4.78, 5) is 64.8. The Hall–Kier alpha value is -4.50. The number of nitro groups is 2. The molecule has 0 fully saturated rings. The molecular formula is C26H14Cl5N8O7P. The maximum atomic E-state index is 11.7. The molecule has 0 amide bonds. The Balaban J connectivity index is 0.000000186. The lowest BCUT2D eigenvalue weighted by molar-refractivity contribution is -0.385. The Morgan fingerprint density at radius 3 is 1.79 bits per heavy atom. The number of non-ortho nitro benzene ring substituents is 2. The zero-order valence-corrected chi connectivity index (χ0v) is 27.5. The monoisotopic (exact) mass is 756 g/mol. The van der Waals surface area contributed by atoms with E-state index in [-0.39, 0.29) is 32.7 Å². The van der Waals surface area contributed by atoms with Gasteiger partial charge in [0.1, 0.15) is 10.7 Å². The molecule has 0 aliphatic carbocycles. The summed E-state index contributed by atoms with van der Waals surface area (Å²) in [7, 11) is 0. The van der Waals surface area contributed by atoms with E-state index in [2.05, 4.69) is 63.6 Å². The summed E-state index contributed by atoms with van der Waals surface area (Å²) in [6, 6.07) is 15.1. The van der Waals surface area contributed by atoms with Gasteiger partial charge in [0, 0.05) is 53.2 Å². The van der Waals surface area contributed by atoms with Crippen molar-refractivity contribution in [1.82, 2.24) is 29.9 Å². The summed E-state index contributed by atoms with van der Waals surface area (Å²) in [5.41, 5.74) is 1.12. The molecule has 2 N–H and O–H groups in total. The number of H-pyrrole nitrogens is 2. The zero-order chi connectivity index (χ0) is 34.5. The summed E-state index contributed by atoms with van der Waals surface area (Å²) in [6.07, 6.45) is 2.95. The quantitative estimate of drug-likeness (QED) is 0.0578. The van der Waals surface area contributed by atoms with E-state index in [4.69, 9.17) is 23.2 Å². The number of hydrogen-bond donors (Lipinski definition) is 2. The highest BCUT2D eigenvalue weighted by Crippen LogP contribution is 2.61. The fraction of sp³-hybridized carbons (Fsp3) is 0. The molecule has 0 bridgehead atoms. The molecule has 21 heteroatoms. The molecule has 2 aromatic carbocycles. The maximum Gasteiger partial charge on any atom is 0.339 e. The van der Waals surface area contributed by atoms with Crippen LogP contribution in [0.25, 0.3) is 44.3 Å². The number of aromatic amines is 2. The molecule has 0 saturated carbocycles. The standard InChI is InChI=1S/C13H6Cl2N4O2.C13H8N4O4.Cl3OP/c14-12-9-4-5-16-10(11(9)17-13(15)18-12)7-2-1-3-8(6-7)19(20)21;18-12-9-4-5-14-10(11(9)15-13(19)16-12)7-2-1-3-8(6-7)17(20)21;1-5(2,3)4/h1-6H;1-6H,(H2,15,16,18,19);. The molecule has 6 aromatic rings. The first kappa shape index (κ1) is 35.4. The molecule has 6 rings (SSSR count). The van der Waals surface area contributed by atoms with Gasteiger partial charge >= 0.3 is 10.9 Å². The van der Waals surface area contributed by atoms with Crippen LogP contribution in [0.2, 0.25) is 10.4 Å². The van der Waals surface area contributed by atoms with Gasteiger partial charge in [0.05, 0.1) is 32.1 Å². The summed E-state index contributed by atoms with van der Waals surface area (Å²) >= 11 is 25.7. The molecule has 0 spiro atoms. The van der Waals surface area contributed by atoms with Crippen LogP contribution in [0.4, 0.5) is 11.4 Å². The number of benzene rings is 2. The number of nitro benzene ring substituents is 2. The molecule has 240 valence electrons. The molecule has 0 saturated heterocycles. The van der Waals surface area contributed by atoms with E-state index in [1.54, 1.807) is 30.5 Å². The van der Waals surface area contributed by atoms with Crippen LogP contribution in [0.15, 0.2) is 82.6 Å². The van der Waals surface area contributed by atoms with Crippen molar-refractivity contribution in [2.24, 2.45) is 0 Å². The van der Waals surface area contributed by atoms with Crippen LogP contribution in [0.5, 0.6) is 0 Å². The fourth-order valence-corrected chi connectivity index (χ4v) is 4.49. The number of nitrogens with zero attached hydrogens (tertiary/aromatic N) is 6. The lowest BCUT2D eigenvalue weighted by Gasteiger charge is -2.06. The van der Waals surface area contributed by atoms with E-state index in [0.717, 1.165) is 0 Å². The minimum absolute atomic E-state index is 0.00724. The summed E-state index contributed by atoms with van der Waals surface area (Å²) in [6.45, 7) is 0. The van der Waals surface area contributed by atoms with Crippen LogP contribution in [0.1, 0.15) is 0 Å². The third-order valence-electron chi connectivity index (χ3n) is 5.86. The lowest BCUT2D eigenvalue weighted by Crippen LogP contribution is -2.22. The van der Waals surface area contributed by atoms with Crippen molar-refractivity contribution in [3.05, 3.63) is 125 Å². The molecule has 0 atom stereocenters. The topological polar surface area (TPSA) is 221 Å². The minimum atomic E-state index is -3.22. The highest BCUT2D eigenvalue weighted by atomic mass is 36.0. The normalized spacial score (nSPS) is 10.8. The lowest BCUT2D eigenvalue weighted by atomic mass is 10.1. The number of rotatable bonds is 4. The second kappa shape index (κ2) is 14.9. The first-order valence-electron chi connectivity index (χ1n) is 12.4. The Morgan fingerprint density at radius 2 is 1.23 bits per heavy atom. The molecule has 0 unspecified atom stereocenters. The third kappa shape index (κ3) is 9.29. The van der Waals surface area contributed by atoms with Gasteiger partial charge in [0.15, 0.2) is 0 Å². The first-order valence-corrected chi connectivity index (χ1v) is 17.6. The molecule has 0 radical (unpaired) electrons. The average molecular weight is 759 g/mol. The number of hydrogen-bond acceptors (Lipinski definition) is 11. The molecule has 0 aliphatic rings. The van der Waals surface area contributed by atoms with Gasteiger partial charge in [-0.1, -0.05) is 35.9 Å². The van der Waals surface area contributed by atoms with Crippen LogP contribution in [0, 0.1) is 20.2 Å². The third-order valence-corrected chi connectivity index (χ3v) is 6.32. The van der Waals surface area contributed by atoms with E-state index in [9.17, 15) is 34.4 Å². The maximum absolute atomic E-state index is 11.7. The van der Waals surface area contributed by atoms with Gasteiger partial charge in [-0.25, -0.2) is 14.8 Å². The summed E-state index contributed by atoms with van der Waals surface area (Å²) < 4.78 is 9.51. The summed E-state index contributed by atoms with van der Waals surface area (Å²) in [5, 5.41) is 19.5. The first-order chi connectivity index (χ1) is 22.1. The predicted molar refractivity (Wildman–Crippen MR) is 180 cm³/mol. The molecular weight excluding hydrogens is 745 g/mol. The van der Waals surface area contributed by atoms with Crippen molar-refractivity contribution in [3.8, 4) is 22.5 Å². The predicted octanol–water partition coefficient (Wildman–Crippen LogP) is 7.90. The van der Waals surface area contributed by atoms with Crippen LogP contribution in [0.3, 0.4) is 0 Å². The SMILES string of the molecule is O=P(Cl)(Cl)Cl.O=[N+]([O-])c1cccc(-c2nccc3c(Cl)nc(Cl)nc23)c1.O=c1[nH]c(=O)c2ccnc(-c3cccc([N+](=O)[O-])c3)c2[nH]1. The second-order valence-electron chi connectivity index (χ2n) is 8.84. The number of pyridine rings is 2. The van der Waals surface area contributed by atoms with Gasteiger partial charge in [0.25, 0.3) is 16.9 Å². The fourth-order valence-electron chi connectivity index (χ4n) is 4.05. The van der Waals surface area contributed by atoms with Crippen LogP contribution in [-0.2, 0) is 4.57 Å². The summed E-state index contributed by atoms with van der Waals surface area (Å²) in [5.74, 6) is 0. The number of nitrogens with one attached hydrogen (secondary N) is 2. The zero-order valence-electron chi connectivity index (χ0n) is 22.8. The van der Waals surface area contributed by atoms with Gasteiger partial charge < -0.3 is 4.98 Å². The molecule has 15 nitrogen and oxygen atoms in total. The van der Waals surface area contributed by atoms with Crippen LogP contribution in [-0.4, -0.2) is 39.8 Å². The number of aromatic nitrogens is 6.